The molecule has 1 saturated carbocycles. The van der Waals surface area contributed by atoms with Crippen molar-refractivity contribution in [1.29, 1.82) is 0 Å². The number of fused-ring (bicyclic) bond motifs is 2. The SMILES string of the molecule is CCC(=O)NC(Cc1ccc(NC(=O)[C@@H](CC(=O)c2ccnn2CC)C2CCCCC2)c(F)c1)C(=O)N1CC2CCC(C1)N2C. The van der Waals surface area contributed by atoms with E-state index in [4.69, 9.17) is 0 Å². The molecule has 3 unspecified atom stereocenters. The van der Waals surface area contributed by atoms with Gasteiger partial charge in [-0.25, -0.2) is 4.39 Å². The van der Waals surface area contributed by atoms with Crippen LogP contribution in [0.15, 0.2) is 30.5 Å². The van der Waals surface area contributed by atoms with E-state index < -0.39 is 17.8 Å². The summed E-state index contributed by atoms with van der Waals surface area (Å²) in [5.74, 6) is -2.05. The van der Waals surface area contributed by atoms with Gasteiger partial charge < -0.3 is 15.5 Å². The van der Waals surface area contributed by atoms with Crippen molar-refractivity contribution < 1.29 is 23.6 Å². The molecule has 3 heterocycles. The van der Waals surface area contributed by atoms with Gasteiger partial charge in [0.2, 0.25) is 17.7 Å². The van der Waals surface area contributed by atoms with E-state index in [0.717, 1.165) is 44.9 Å². The maximum absolute atomic E-state index is 15.5. The zero-order valence-corrected chi connectivity index (χ0v) is 26.8. The fourth-order valence-corrected chi connectivity index (χ4v) is 7.39. The minimum Gasteiger partial charge on any atom is -0.344 e. The van der Waals surface area contributed by atoms with Gasteiger partial charge in [0.1, 0.15) is 17.6 Å². The minimum atomic E-state index is -0.807. The number of likely N-dealkylation sites (tertiary alicyclic amines) is 1. The summed E-state index contributed by atoms with van der Waals surface area (Å²) in [6.45, 7) is 5.44. The van der Waals surface area contributed by atoms with Crippen molar-refractivity contribution in [1.82, 2.24) is 24.9 Å². The Morgan fingerprint density at radius 3 is 2.36 bits per heavy atom. The van der Waals surface area contributed by atoms with Crippen molar-refractivity contribution in [3.63, 3.8) is 0 Å². The van der Waals surface area contributed by atoms with Crippen LogP contribution < -0.4 is 10.6 Å². The molecule has 5 rings (SSSR count). The predicted octanol–water partition coefficient (Wildman–Crippen LogP) is 4.19. The number of carbonyl (C=O) groups excluding carboxylic acids is 4. The lowest BCUT2D eigenvalue weighted by Crippen LogP contribution is -2.58. The quantitative estimate of drug-likeness (QED) is 0.343. The van der Waals surface area contributed by atoms with Gasteiger partial charge in [-0.15, -0.1) is 0 Å². The van der Waals surface area contributed by atoms with Gasteiger partial charge >= 0.3 is 0 Å². The molecule has 45 heavy (non-hydrogen) atoms. The number of anilines is 1. The highest BCUT2D eigenvalue weighted by molar-refractivity contribution is 6.00. The van der Waals surface area contributed by atoms with Crippen LogP contribution in [0.1, 0.15) is 87.7 Å². The molecule has 11 heteroatoms. The summed E-state index contributed by atoms with van der Waals surface area (Å²) in [4.78, 5) is 57.1. The number of hydrogen-bond acceptors (Lipinski definition) is 6. The van der Waals surface area contributed by atoms with Crippen LogP contribution in [0.4, 0.5) is 10.1 Å². The van der Waals surface area contributed by atoms with Crippen LogP contribution in [0.5, 0.6) is 0 Å². The van der Waals surface area contributed by atoms with Crippen molar-refractivity contribution in [2.45, 2.75) is 103 Å². The number of nitrogens with one attached hydrogen (secondary N) is 2. The van der Waals surface area contributed by atoms with Gasteiger partial charge in [0.15, 0.2) is 5.78 Å². The number of hydrogen-bond donors (Lipinski definition) is 2. The number of piperazine rings is 1. The van der Waals surface area contributed by atoms with Gasteiger partial charge in [0.05, 0.1) is 5.69 Å². The van der Waals surface area contributed by atoms with E-state index in [1.165, 1.54) is 12.1 Å². The van der Waals surface area contributed by atoms with Crippen LogP contribution in [-0.2, 0) is 27.3 Å². The first-order chi connectivity index (χ1) is 21.7. The lowest BCUT2D eigenvalue weighted by atomic mass is 9.77. The van der Waals surface area contributed by atoms with Crippen LogP contribution in [-0.4, -0.2) is 81.3 Å². The molecule has 3 fully saturated rings. The molecule has 4 atom stereocenters. The van der Waals surface area contributed by atoms with Gasteiger partial charge in [-0.2, -0.15) is 5.10 Å². The van der Waals surface area contributed by atoms with Gasteiger partial charge in [0, 0.05) is 63.1 Å². The molecule has 2 aliphatic heterocycles. The summed E-state index contributed by atoms with van der Waals surface area (Å²) >= 11 is 0. The van der Waals surface area contributed by atoms with Crippen LogP contribution in [0.25, 0.3) is 0 Å². The zero-order valence-electron chi connectivity index (χ0n) is 26.8. The molecule has 2 saturated heterocycles. The lowest BCUT2D eigenvalue weighted by Gasteiger charge is -2.40. The minimum absolute atomic E-state index is 0.0340. The molecule has 1 aliphatic carbocycles. The zero-order chi connectivity index (χ0) is 32.1. The summed E-state index contributed by atoms with van der Waals surface area (Å²) in [6, 6.07) is 6.02. The number of likely N-dealkylation sites (N-methyl/N-ethyl adjacent to an activating group) is 1. The van der Waals surface area contributed by atoms with Gasteiger partial charge in [-0.05, 0) is 69.3 Å². The second-order valence-corrected chi connectivity index (χ2v) is 12.9. The van der Waals surface area contributed by atoms with Crippen LogP contribution in [0.3, 0.4) is 0 Å². The molecule has 10 nitrogen and oxygen atoms in total. The van der Waals surface area contributed by atoms with E-state index in [1.807, 2.05) is 11.8 Å². The van der Waals surface area contributed by atoms with Crippen LogP contribution in [0, 0.1) is 17.7 Å². The van der Waals surface area contributed by atoms with E-state index in [-0.39, 0.29) is 54.4 Å². The van der Waals surface area contributed by atoms with Crippen molar-refractivity contribution in [2.75, 3.05) is 25.5 Å². The number of ketones is 1. The third kappa shape index (κ3) is 7.62. The molecular weight excluding hydrogens is 575 g/mol. The average molecular weight is 623 g/mol. The Kier molecular flexibility index (Phi) is 10.7. The maximum Gasteiger partial charge on any atom is 0.245 e. The number of aromatic nitrogens is 2. The molecule has 1 aromatic carbocycles. The van der Waals surface area contributed by atoms with Gasteiger partial charge in [-0.3, -0.25) is 28.8 Å². The van der Waals surface area contributed by atoms with Crippen molar-refractivity contribution in [3.05, 3.63) is 47.5 Å². The molecule has 244 valence electrons. The summed E-state index contributed by atoms with van der Waals surface area (Å²) in [5.41, 5.74) is 1.06. The van der Waals surface area contributed by atoms with Gasteiger partial charge in [-0.1, -0.05) is 32.3 Å². The van der Waals surface area contributed by atoms with E-state index in [0.29, 0.717) is 43.0 Å². The van der Waals surface area contributed by atoms with Crippen molar-refractivity contribution in [3.8, 4) is 0 Å². The number of benzene rings is 1. The molecule has 1 aromatic heterocycles. The Morgan fingerprint density at radius 1 is 1.00 bits per heavy atom. The average Bonchev–Trinajstić information content (AvgIpc) is 3.59. The van der Waals surface area contributed by atoms with Crippen molar-refractivity contribution >= 4 is 29.2 Å². The number of rotatable bonds is 12. The molecule has 3 amide bonds. The molecule has 2 N–H and O–H groups in total. The topological polar surface area (TPSA) is 117 Å². The Bertz CT molecular complexity index is 1370. The second kappa shape index (κ2) is 14.7. The molecule has 3 aliphatic rings. The number of aryl methyl sites for hydroxylation is 1. The lowest BCUT2D eigenvalue weighted by molar-refractivity contribution is -0.139. The van der Waals surface area contributed by atoms with Crippen LogP contribution >= 0.6 is 0 Å². The number of Topliss-reactive ketones (excluding diaryl/α,β-unsaturated/α-hetero) is 1. The highest BCUT2D eigenvalue weighted by Crippen LogP contribution is 2.34. The molecule has 0 spiro atoms. The summed E-state index contributed by atoms with van der Waals surface area (Å²) < 4.78 is 17.1. The van der Waals surface area contributed by atoms with E-state index in [2.05, 4.69) is 27.7 Å². The second-order valence-electron chi connectivity index (χ2n) is 12.9. The Balaban J connectivity index is 1.28. The highest BCUT2D eigenvalue weighted by Gasteiger charge is 2.41. The smallest absolute Gasteiger partial charge is 0.245 e. The third-order valence-electron chi connectivity index (χ3n) is 10.1. The summed E-state index contributed by atoms with van der Waals surface area (Å²) in [5, 5.41) is 9.82. The standard InChI is InChI=1S/C34H47FN6O4/c1-4-32(43)37-29(34(45)40-20-24-12-13-25(21-40)39(24)3)18-22-11-14-28(27(35)17-22)38-33(44)26(23-9-7-6-8-10-23)19-31(42)30-15-16-36-41(30)5-2/h11,14-17,23-26,29H,4-10,12-13,18-21H2,1-3H3,(H,37,43)(H,38,44)/t24?,25?,26-,29?/m0/s1. The third-order valence-corrected chi connectivity index (χ3v) is 10.1. The van der Waals surface area contributed by atoms with Gasteiger partial charge in [0.25, 0.3) is 0 Å². The Hall–Kier alpha value is -3.60. The summed E-state index contributed by atoms with van der Waals surface area (Å²) in [6.07, 6.45) is 8.93. The van der Waals surface area contributed by atoms with Crippen LogP contribution in [0.2, 0.25) is 0 Å². The monoisotopic (exact) mass is 622 g/mol. The Labute approximate surface area is 265 Å². The Morgan fingerprint density at radius 2 is 1.71 bits per heavy atom. The fourth-order valence-electron chi connectivity index (χ4n) is 7.39. The first-order valence-electron chi connectivity index (χ1n) is 16.6. The first kappa shape index (κ1) is 32.8. The predicted molar refractivity (Wildman–Crippen MR) is 169 cm³/mol. The number of amides is 3. The van der Waals surface area contributed by atoms with Crippen molar-refractivity contribution in [2.24, 2.45) is 11.8 Å². The highest BCUT2D eigenvalue weighted by atomic mass is 19.1. The normalized spacial score (nSPS) is 21.7. The number of carbonyl (C=O) groups is 4. The molecule has 2 aromatic rings. The number of halogens is 1. The molecular formula is C34H47FN6O4. The van der Waals surface area contributed by atoms with E-state index in [1.54, 1.807) is 29.9 Å². The molecule has 2 bridgehead atoms. The number of nitrogens with zero attached hydrogens (tertiary/aromatic N) is 4. The largest absolute Gasteiger partial charge is 0.344 e. The van der Waals surface area contributed by atoms with E-state index >= 15 is 4.39 Å². The first-order valence-corrected chi connectivity index (χ1v) is 16.6. The molecule has 0 radical (unpaired) electrons. The fraction of sp³-hybridized carbons (Fsp3) is 0.618. The summed E-state index contributed by atoms with van der Waals surface area (Å²) in [7, 11) is 2.10. The van der Waals surface area contributed by atoms with E-state index in [9.17, 15) is 19.2 Å². The maximum atomic E-state index is 15.5.